The molecule has 1 aliphatic rings. The van der Waals surface area contributed by atoms with Crippen molar-refractivity contribution in [3.05, 3.63) is 66.0 Å². The average molecular weight is 325 g/mol. The number of benzene rings is 1. The monoisotopic (exact) mass is 325 g/mol. The van der Waals surface area contributed by atoms with Crippen LogP contribution in [0.4, 0.5) is 0 Å². The molecule has 128 valence electrons. The molecule has 3 rings (SSSR count). The van der Waals surface area contributed by atoms with E-state index < -0.39 is 0 Å². The maximum Gasteiger partial charge on any atom is 0.0855 e. The summed E-state index contributed by atoms with van der Waals surface area (Å²) in [5.74, 6) is 0. The number of hydrogen-bond donors (Lipinski definition) is 1. The van der Waals surface area contributed by atoms with Crippen LogP contribution in [-0.4, -0.2) is 41.7 Å². The van der Waals surface area contributed by atoms with E-state index in [0.717, 1.165) is 39.2 Å². The maximum atomic E-state index is 6.07. The van der Waals surface area contributed by atoms with Gasteiger partial charge >= 0.3 is 0 Å². The van der Waals surface area contributed by atoms with Crippen LogP contribution in [0.3, 0.4) is 0 Å². The van der Waals surface area contributed by atoms with E-state index in [9.17, 15) is 0 Å². The predicted molar refractivity (Wildman–Crippen MR) is 96.6 cm³/mol. The van der Waals surface area contributed by atoms with Gasteiger partial charge in [-0.2, -0.15) is 0 Å². The Bertz CT molecular complexity index is 590. The van der Waals surface area contributed by atoms with Crippen LogP contribution < -0.4 is 5.32 Å². The van der Waals surface area contributed by atoms with Gasteiger partial charge in [-0.1, -0.05) is 43.3 Å². The molecule has 0 saturated carbocycles. The van der Waals surface area contributed by atoms with E-state index in [0.29, 0.717) is 6.04 Å². The Labute approximate surface area is 144 Å². The lowest BCUT2D eigenvalue weighted by Crippen LogP contribution is -2.51. The van der Waals surface area contributed by atoms with Gasteiger partial charge in [0.05, 0.1) is 12.7 Å². The first-order valence-electron chi connectivity index (χ1n) is 8.85. The van der Waals surface area contributed by atoms with Crippen molar-refractivity contribution in [2.75, 3.05) is 19.7 Å². The minimum atomic E-state index is 0.240. The lowest BCUT2D eigenvalue weighted by Gasteiger charge is -2.37. The molecule has 1 aromatic heterocycles. The summed E-state index contributed by atoms with van der Waals surface area (Å²) in [6, 6.07) is 15.1. The third kappa shape index (κ3) is 4.87. The number of nitrogens with zero attached hydrogens (tertiary/aromatic N) is 2. The van der Waals surface area contributed by atoms with E-state index in [2.05, 4.69) is 58.5 Å². The molecule has 0 aliphatic carbocycles. The van der Waals surface area contributed by atoms with Crippen molar-refractivity contribution in [1.29, 1.82) is 0 Å². The molecule has 0 radical (unpaired) electrons. The van der Waals surface area contributed by atoms with E-state index in [1.54, 1.807) is 0 Å². The molecule has 1 fully saturated rings. The second-order valence-corrected chi connectivity index (χ2v) is 6.39. The normalized spacial score (nSPS) is 20.0. The van der Waals surface area contributed by atoms with Gasteiger partial charge in [0.25, 0.3) is 0 Å². The number of nitrogens with one attached hydrogen (secondary N) is 1. The summed E-state index contributed by atoms with van der Waals surface area (Å²) in [5, 5.41) is 3.65. The van der Waals surface area contributed by atoms with E-state index in [-0.39, 0.29) is 6.10 Å². The zero-order valence-electron chi connectivity index (χ0n) is 14.4. The topological polar surface area (TPSA) is 37.4 Å². The molecule has 24 heavy (non-hydrogen) atoms. The minimum Gasteiger partial charge on any atom is -0.374 e. The van der Waals surface area contributed by atoms with Gasteiger partial charge in [-0.15, -0.1) is 0 Å². The van der Waals surface area contributed by atoms with Crippen molar-refractivity contribution in [1.82, 2.24) is 15.2 Å². The van der Waals surface area contributed by atoms with Crippen molar-refractivity contribution >= 4 is 0 Å². The SMILES string of the molecule is CC[C@@H](NCc1cccnc1)[C@@H]1CN(Cc2ccccc2)CCO1. The van der Waals surface area contributed by atoms with Gasteiger partial charge in [-0.05, 0) is 23.6 Å². The van der Waals surface area contributed by atoms with Crippen molar-refractivity contribution in [2.24, 2.45) is 0 Å². The zero-order valence-corrected chi connectivity index (χ0v) is 14.4. The third-order valence-corrected chi connectivity index (χ3v) is 4.61. The molecule has 2 aromatic rings. The van der Waals surface area contributed by atoms with Crippen LogP contribution in [0, 0.1) is 0 Å². The largest absolute Gasteiger partial charge is 0.374 e. The van der Waals surface area contributed by atoms with Gasteiger partial charge in [0.2, 0.25) is 0 Å². The molecule has 4 heteroatoms. The number of aromatic nitrogens is 1. The molecule has 1 saturated heterocycles. The number of rotatable bonds is 7. The molecule has 1 aromatic carbocycles. The summed E-state index contributed by atoms with van der Waals surface area (Å²) in [7, 11) is 0. The molecule has 0 bridgehead atoms. The van der Waals surface area contributed by atoms with Crippen molar-refractivity contribution in [3.8, 4) is 0 Å². The van der Waals surface area contributed by atoms with Gasteiger partial charge in [0.15, 0.2) is 0 Å². The highest BCUT2D eigenvalue weighted by Crippen LogP contribution is 2.15. The number of pyridine rings is 1. The Morgan fingerprint density at radius 1 is 1.21 bits per heavy atom. The van der Waals surface area contributed by atoms with Gasteiger partial charge in [0, 0.05) is 44.6 Å². The second-order valence-electron chi connectivity index (χ2n) is 6.39. The molecule has 0 amide bonds. The first kappa shape index (κ1) is 17.1. The maximum absolute atomic E-state index is 6.07. The van der Waals surface area contributed by atoms with E-state index in [1.807, 2.05) is 18.5 Å². The highest BCUT2D eigenvalue weighted by Gasteiger charge is 2.26. The summed E-state index contributed by atoms with van der Waals surface area (Å²) in [6.07, 6.45) is 5.03. The molecular weight excluding hydrogens is 298 g/mol. The van der Waals surface area contributed by atoms with Crippen LogP contribution in [0.2, 0.25) is 0 Å². The Morgan fingerprint density at radius 2 is 2.04 bits per heavy atom. The van der Waals surface area contributed by atoms with Crippen molar-refractivity contribution < 1.29 is 4.74 Å². The standard InChI is InChI=1S/C20H27N3O/c1-2-19(22-14-18-9-6-10-21-13-18)20-16-23(11-12-24-20)15-17-7-4-3-5-8-17/h3-10,13,19-20,22H,2,11-12,14-16H2,1H3/t19-,20+/m1/s1. The zero-order chi connectivity index (χ0) is 16.6. The fourth-order valence-electron chi connectivity index (χ4n) is 3.25. The molecular formula is C20H27N3O. The Hall–Kier alpha value is -1.75. The molecule has 4 nitrogen and oxygen atoms in total. The van der Waals surface area contributed by atoms with Gasteiger partial charge in [0.1, 0.15) is 0 Å². The molecule has 0 unspecified atom stereocenters. The summed E-state index contributed by atoms with van der Waals surface area (Å²) < 4.78 is 6.07. The minimum absolute atomic E-state index is 0.240. The smallest absolute Gasteiger partial charge is 0.0855 e. The van der Waals surface area contributed by atoms with Crippen molar-refractivity contribution in [3.63, 3.8) is 0 Å². The Balaban J connectivity index is 1.53. The fourth-order valence-corrected chi connectivity index (χ4v) is 3.25. The third-order valence-electron chi connectivity index (χ3n) is 4.61. The summed E-state index contributed by atoms with van der Waals surface area (Å²) in [4.78, 5) is 6.68. The fraction of sp³-hybridized carbons (Fsp3) is 0.450. The number of morpholine rings is 1. The van der Waals surface area contributed by atoms with Crippen molar-refractivity contribution in [2.45, 2.75) is 38.6 Å². The summed E-state index contributed by atoms with van der Waals surface area (Å²) in [5.41, 5.74) is 2.59. The lowest BCUT2D eigenvalue weighted by molar-refractivity contribution is -0.0499. The first-order chi connectivity index (χ1) is 11.8. The van der Waals surface area contributed by atoms with E-state index >= 15 is 0 Å². The highest BCUT2D eigenvalue weighted by molar-refractivity contribution is 5.14. The molecule has 2 heterocycles. The van der Waals surface area contributed by atoms with E-state index in [1.165, 1.54) is 11.1 Å². The molecule has 1 N–H and O–H groups in total. The average Bonchev–Trinajstić information content (AvgIpc) is 2.64. The first-order valence-corrected chi connectivity index (χ1v) is 8.85. The van der Waals surface area contributed by atoms with E-state index in [4.69, 9.17) is 4.74 Å². The van der Waals surface area contributed by atoms with Crippen LogP contribution in [-0.2, 0) is 17.8 Å². The van der Waals surface area contributed by atoms with Crippen LogP contribution in [0.25, 0.3) is 0 Å². The summed E-state index contributed by atoms with van der Waals surface area (Å²) >= 11 is 0. The second kappa shape index (κ2) is 8.92. The predicted octanol–water partition coefficient (Wildman–Crippen LogP) is 2.85. The molecule has 2 atom stereocenters. The lowest BCUT2D eigenvalue weighted by atomic mass is 10.1. The Morgan fingerprint density at radius 3 is 2.79 bits per heavy atom. The number of hydrogen-bond acceptors (Lipinski definition) is 4. The Kier molecular flexibility index (Phi) is 6.35. The van der Waals surface area contributed by atoms with Crippen LogP contribution in [0.15, 0.2) is 54.9 Å². The van der Waals surface area contributed by atoms with Crippen LogP contribution >= 0.6 is 0 Å². The summed E-state index contributed by atoms with van der Waals surface area (Å²) in [6.45, 7) is 6.85. The quantitative estimate of drug-likeness (QED) is 0.849. The van der Waals surface area contributed by atoms with Gasteiger partial charge < -0.3 is 10.1 Å². The highest BCUT2D eigenvalue weighted by atomic mass is 16.5. The van der Waals surface area contributed by atoms with Crippen LogP contribution in [0.1, 0.15) is 24.5 Å². The van der Waals surface area contributed by atoms with Gasteiger partial charge in [-0.3, -0.25) is 9.88 Å². The molecule has 0 spiro atoms. The van der Waals surface area contributed by atoms with Crippen LogP contribution in [0.5, 0.6) is 0 Å². The van der Waals surface area contributed by atoms with Gasteiger partial charge in [-0.25, -0.2) is 0 Å². The molecule has 1 aliphatic heterocycles. The number of ether oxygens (including phenoxy) is 1.